The van der Waals surface area contributed by atoms with E-state index >= 15 is 0 Å². The Kier molecular flexibility index (Phi) is 5.74. The highest BCUT2D eigenvalue weighted by atomic mass is 16.5. The maximum Gasteiger partial charge on any atom is 0.253 e. The van der Waals surface area contributed by atoms with Gasteiger partial charge in [-0.15, -0.1) is 0 Å². The second-order valence-corrected chi connectivity index (χ2v) is 8.29. The zero-order chi connectivity index (χ0) is 22.9. The van der Waals surface area contributed by atoms with Gasteiger partial charge in [0.25, 0.3) is 5.91 Å². The third kappa shape index (κ3) is 4.10. The second-order valence-electron chi connectivity index (χ2n) is 8.29. The van der Waals surface area contributed by atoms with Gasteiger partial charge in [-0.3, -0.25) is 14.2 Å². The molecule has 0 saturated carbocycles. The summed E-state index contributed by atoms with van der Waals surface area (Å²) in [5.41, 5.74) is 3.83. The summed E-state index contributed by atoms with van der Waals surface area (Å²) >= 11 is 0. The van der Waals surface area contributed by atoms with Gasteiger partial charge in [-0.25, -0.2) is 4.98 Å². The van der Waals surface area contributed by atoms with E-state index in [2.05, 4.69) is 10.3 Å². The van der Waals surface area contributed by atoms with Crippen LogP contribution in [0.3, 0.4) is 0 Å². The number of fused-ring (bicyclic) bond motifs is 1. The minimum atomic E-state index is -0.961. The summed E-state index contributed by atoms with van der Waals surface area (Å²) in [6, 6.07) is 18.1. The highest BCUT2D eigenvalue weighted by Crippen LogP contribution is 2.41. The molecule has 3 aromatic rings. The lowest BCUT2D eigenvalue weighted by Gasteiger charge is -2.40. The molecule has 1 atom stereocenters. The summed E-state index contributed by atoms with van der Waals surface area (Å²) in [6.07, 6.45) is 3.39. The summed E-state index contributed by atoms with van der Waals surface area (Å²) < 4.78 is -0.961. The van der Waals surface area contributed by atoms with Crippen molar-refractivity contribution in [3.63, 3.8) is 0 Å². The largest absolute Gasteiger partial charge is 0.616 e. The van der Waals surface area contributed by atoms with E-state index in [9.17, 15) is 14.8 Å². The predicted octanol–water partition coefficient (Wildman–Crippen LogP) is 5.05. The van der Waals surface area contributed by atoms with Crippen LogP contribution < -0.4 is 9.96 Å². The van der Waals surface area contributed by atoms with Crippen LogP contribution in [0.2, 0.25) is 0 Å². The number of carbonyl (C=O) groups is 2. The maximum absolute atomic E-state index is 14.3. The number of hydroxylamine groups is 1. The number of hydrogen-bond donors (Lipinski definition) is 1. The van der Waals surface area contributed by atoms with Crippen molar-refractivity contribution in [3.8, 4) is 11.1 Å². The van der Waals surface area contributed by atoms with Crippen molar-refractivity contribution in [2.24, 2.45) is 0 Å². The third-order valence-corrected chi connectivity index (χ3v) is 5.44. The van der Waals surface area contributed by atoms with Crippen LogP contribution in [0.15, 0.2) is 78.6 Å². The molecule has 2 aromatic carbocycles. The standard InChI is InChI=1S/C26H25N3O3/c1-17(2)28-26(31)23-14-22-10-6-12-27-25(22)29(32,16-23)24-11-5-9-21(15-24)20-8-4-7-19(13-20)18(3)30/h4-13,15-17H,14H2,1-3H3,(H,28,31). The number of aromatic nitrogens is 1. The Bertz CT molecular complexity index is 1230. The number of Topliss-reactive ketones (excluding diaryl/α,β-unsaturated/α-hetero) is 1. The number of hydrogen-bond acceptors (Lipinski definition) is 4. The van der Waals surface area contributed by atoms with Gasteiger partial charge in [0.05, 0.1) is 5.57 Å². The SMILES string of the molecule is CC(=O)c1cccc(-c2cccc([N+]3([O-])C=C(C(=O)NC(C)C)Cc4cccnc43)c2)c1. The average Bonchev–Trinajstić information content (AvgIpc) is 2.79. The van der Waals surface area contributed by atoms with E-state index in [1.54, 1.807) is 30.5 Å². The van der Waals surface area contributed by atoms with E-state index in [1.165, 1.54) is 13.1 Å². The molecule has 0 bridgehead atoms. The predicted molar refractivity (Wildman–Crippen MR) is 126 cm³/mol. The van der Waals surface area contributed by atoms with Crippen LogP contribution in [-0.4, -0.2) is 22.7 Å². The highest BCUT2D eigenvalue weighted by Gasteiger charge is 2.34. The van der Waals surface area contributed by atoms with Crippen LogP contribution in [0, 0.1) is 5.21 Å². The molecule has 162 valence electrons. The lowest BCUT2D eigenvalue weighted by molar-refractivity contribution is -0.118. The fraction of sp³-hybridized carbons (Fsp3) is 0.192. The Morgan fingerprint density at radius 3 is 2.47 bits per heavy atom. The molecule has 0 aliphatic carbocycles. The molecule has 1 N–H and O–H groups in total. The molecule has 0 saturated heterocycles. The first-order valence-corrected chi connectivity index (χ1v) is 10.6. The summed E-state index contributed by atoms with van der Waals surface area (Å²) in [4.78, 5) is 28.9. The lowest BCUT2D eigenvalue weighted by Crippen LogP contribution is -2.40. The number of nitrogens with one attached hydrogen (secondary N) is 1. The van der Waals surface area contributed by atoms with Crippen molar-refractivity contribution >= 4 is 23.2 Å². The minimum Gasteiger partial charge on any atom is -0.616 e. The van der Waals surface area contributed by atoms with E-state index in [0.29, 0.717) is 29.1 Å². The molecule has 2 heterocycles. The van der Waals surface area contributed by atoms with E-state index in [4.69, 9.17) is 0 Å². The maximum atomic E-state index is 14.3. The topological polar surface area (TPSA) is 82.1 Å². The number of ketones is 1. The molecule has 1 aromatic heterocycles. The molecule has 6 nitrogen and oxygen atoms in total. The third-order valence-electron chi connectivity index (χ3n) is 5.44. The number of carbonyl (C=O) groups excluding carboxylic acids is 2. The zero-order valence-corrected chi connectivity index (χ0v) is 18.3. The van der Waals surface area contributed by atoms with Crippen LogP contribution in [0.5, 0.6) is 0 Å². The van der Waals surface area contributed by atoms with Crippen LogP contribution in [0.25, 0.3) is 11.1 Å². The summed E-state index contributed by atoms with van der Waals surface area (Å²) in [7, 11) is 0. The monoisotopic (exact) mass is 427 g/mol. The number of benzene rings is 2. The van der Waals surface area contributed by atoms with Gasteiger partial charge in [-0.05, 0) is 50.1 Å². The molecule has 1 aliphatic heterocycles. The van der Waals surface area contributed by atoms with Gasteiger partial charge in [0.2, 0.25) is 5.82 Å². The molecule has 0 spiro atoms. The quantitative estimate of drug-likeness (QED) is 0.351. The van der Waals surface area contributed by atoms with Crippen LogP contribution in [0.4, 0.5) is 11.5 Å². The van der Waals surface area contributed by atoms with Gasteiger partial charge in [0.1, 0.15) is 11.9 Å². The Morgan fingerprint density at radius 2 is 1.75 bits per heavy atom. The first-order valence-electron chi connectivity index (χ1n) is 10.6. The van der Waals surface area contributed by atoms with Gasteiger partial charge in [-0.1, -0.05) is 30.3 Å². The normalized spacial score (nSPS) is 17.5. The molecular formula is C26H25N3O3. The fourth-order valence-electron chi connectivity index (χ4n) is 3.90. The molecule has 1 unspecified atom stereocenters. The van der Waals surface area contributed by atoms with E-state index < -0.39 is 4.65 Å². The molecule has 6 heteroatoms. The lowest BCUT2D eigenvalue weighted by atomic mass is 9.98. The Labute approximate surface area is 187 Å². The summed E-state index contributed by atoms with van der Waals surface area (Å²) in [6.45, 7) is 5.29. The number of pyridine rings is 1. The van der Waals surface area contributed by atoms with Crippen molar-refractivity contribution in [2.75, 3.05) is 0 Å². The first-order chi connectivity index (χ1) is 15.3. The van der Waals surface area contributed by atoms with Crippen molar-refractivity contribution in [1.82, 2.24) is 14.9 Å². The number of rotatable bonds is 5. The van der Waals surface area contributed by atoms with Crippen molar-refractivity contribution in [3.05, 3.63) is 95.0 Å². The average molecular weight is 428 g/mol. The van der Waals surface area contributed by atoms with Crippen LogP contribution in [-0.2, 0) is 11.2 Å². The van der Waals surface area contributed by atoms with Gasteiger partial charge in [-0.2, -0.15) is 0 Å². The van der Waals surface area contributed by atoms with Gasteiger partial charge in [0, 0.05) is 41.9 Å². The van der Waals surface area contributed by atoms with Crippen molar-refractivity contribution in [2.45, 2.75) is 33.2 Å². The molecule has 1 aliphatic rings. The smallest absolute Gasteiger partial charge is 0.253 e. The second kappa shape index (κ2) is 8.49. The molecule has 1 amide bonds. The number of quaternary nitrogens is 1. The highest BCUT2D eigenvalue weighted by molar-refractivity contribution is 5.96. The van der Waals surface area contributed by atoms with Crippen molar-refractivity contribution < 1.29 is 9.59 Å². The molecule has 0 fully saturated rings. The fourth-order valence-corrected chi connectivity index (χ4v) is 3.90. The molecular weight excluding hydrogens is 402 g/mol. The first kappa shape index (κ1) is 21.6. The van der Waals surface area contributed by atoms with Gasteiger partial charge in [0.15, 0.2) is 5.78 Å². The summed E-state index contributed by atoms with van der Waals surface area (Å²) in [5, 5.41) is 17.1. The Morgan fingerprint density at radius 1 is 1.03 bits per heavy atom. The number of nitrogens with zero attached hydrogens (tertiary/aromatic N) is 2. The molecule has 32 heavy (non-hydrogen) atoms. The van der Waals surface area contributed by atoms with Crippen LogP contribution >= 0.6 is 0 Å². The van der Waals surface area contributed by atoms with E-state index in [0.717, 1.165) is 16.7 Å². The van der Waals surface area contributed by atoms with Crippen LogP contribution in [0.1, 0.15) is 36.7 Å². The Balaban J connectivity index is 1.83. The minimum absolute atomic E-state index is 0.0202. The molecule has 0 radical (unpaired) electrons. The van der Waals surface area contributed by atoms with Gasteiger partial charge >= 0.3 is 0 Å². The summed E-state index contributed by atoms with van der Waals surface area (Å²) in [5.74, 6) is 0.0784. The van der Waals surface area contributed by atoms with E-state index in [-0.39, 0.29) is 17.7 Å². The van der Waals surface area contributed by atoms with E-state index in [1.807, 2.05) is 50.2 Å². The number of amides is 1. The zero-order valence-electron chi connectivity index (χ0n) is 18.3. The Hall–Kier alpha value is -3.61. The molecule has 4 rings (SSSR count). The van der Waals surface area contributed by atoms with Gasteiger partial charge < -0.3 is 10.5 Å². The van der Waals surface area contributed by atoms with Crippen molar-refractivity contribution in [1.29, 1.82) is 0 Å².